The van der Waals surface area contributed by atoms with E-state index in [0.29, 0.717) is 6.61 Å². The minimum Gasteiger partial charge on any atom is -0.504 e. The minimum absolute atomic E-state index is 0. The molecule has 0 aliphatic heterocycles. The molecule has 0 heterocycles. The fourth-order valence-corrected chi connectivity index (χ4v) is 1.57. The summed E-state index contributed by atoms with van der Waals surface area (Å²) in [4.78, 5) is 12.1. The number of hydrogen-bond acceptors (Lipinski definition) is 5. The van der Waals surface area contributed by atoms with E-state index in [1.54, 1.807) is 0 Å². The van der Waals surface area contributed by atoms with Crippen LogP contribution >= 0.6 is 0 Å². The zero-order valence-electron chi connectivity index (χ0n) is 11.1. The molecular formula is C12H20N2O5. The lowest BCUT2D eigenvalue weighted by molar-refractivity contribution is -0.385. The van der Waals surface area contributed by atoms with E-state index < -0.39 is 4.92 Å². The standard InChI is InChI=1S/C12H18N2O4.H2O/c1-3-13(4-2)7-8-18-12-6-5-10(14(16)17)9-11(12)15;/h5-6,9,15H,3-4,7-8H2,1-2H3;1H2. The van der Waals surface area contributed by atoms with Crippen LogP contribution in [0.4, 0.5) is 5.69 Å². The summed E-state index contributed by atoms with van der Waals surface area (Å²) < 4.78 is 5.39. The van der Waals surface area contributed by atoms with Gasteiger partial charge in [-0.05, 0) is 19.2 Å². The van der Waals surface area contributed by atoms with Gasteiger partial charge in [-0.2, -0.15) is 0 Å². The van der Waals surface area contributed by atoms with Crippen molar-refractivity contribution >= 4 is 5.69 Å². The number of nitro benzene ring substituents is 1. The summed E-state index contributed by atoms with van der Waals surface area (Å²) >= 11 is 0. The van der Waals surface area contributed by atoms with E-state index in [9.17, 15) is 15.2 Å². The van der Waals surface area contributed by atoms with Gasteiger partial charge in [-0.1, -0.05) is 13.8 Å². The number of ether oxygens (including phenoxy) is 1. The van der Waals surface area contributed by atoms with Gasteiger partial charge in [0.15, 0.2) is 11.5 Å². The predicted molar refractivity (Wildman–Crippen MR) is 71.7 cm³/mol. The number of nitrogens with zero attached hydrogens (tertiary/aromatic N) is 2. The Labute approximate surface area is 111 Å². The third kappa shape index (κ3) is 5.11. The summed E-state index contributed by atoms with van der Waals surface area (Å²) in [6.07, 6.45) is 0. The van der Waals surface area contributed by atoms with Gasteiger partial charge in [0.05, 0.1) is 11.0 Å². The second kappa shape index (κ2) is 8.28. The van der Waals surface area contributed by atoms with Crippen molar-refractivity contribution < 1.29 is 20.2 Å². The molecule has 3 N–H and O–H groups in total. The van der Waals surface area contributed by atoms with E-state index in [2.05, 4.69) is 18.7 Å². The second-order valence-electron chi connectivity index (χ2n) is 3.78. The van der Waals surface area contributed by atoms with Crippen LogP contribution in [0.5, 0.6) is 11.5 Å². The molecule has 0 amide bonds. The molecule has 0 aromatic heterocycles. The Kier molecular flexibility index (Phi) is 7.47. The van der Waals surface area contributed by atoms with E-state index >= 15 is 0 Å². The highest BCUT2D eigenvalue weighted by Gasteiger charge is 2.11. The third-order valence-corrected chi connectivity index (χ3v) is 2.71. The number of non-ortho nitro benzene ring substituents is 1. The van der Waals surface area contributed by atoms with Crippen molar-refractivity contribution in [2.45, 2.75) is 13.8 Å². The lowest BCUT2D eigenvalue weighted by Crippen LogP contribution is -2.27. The van der Waals surface area contributed by atoms with Crippen molar-refractivity contribution in [1.29, 1.82) is 0 Å². The molecule has 0 spiro atoms. The fourth-order valence-electron chi connectivity index (χ4n) is 1.57. The summed E-state index contributed by atoms with van der Waals surface area (Å²) in [7, 11) is 0. The molecule has 0 saturated heterocycles. The van der Waals surface area contributed by atoms with Crippen LogP contribution in [0.3, 0.4) is 0 Å². The quantitative estimate of drug-likeness (QED) is 0.592. The molecule has 108 valence electrons. The van der Waals surface area contributed by atoms with Crippen LogP contribution in [0, 0.1) is 10.1 Å². The topological polar surface area (TPSA) is 107 Å². The van der Waals surface area contributed by atoms with Crippen molar-refractivity contribution in [3.8, 4) is 11.5 Å². The molecule has 0 bridgehead atoms. The molecule has 0 aliphatic rings. The third-order valence-electron chi connectivity index (χ3n) is 2.71. The number of likely N-dealkylation sites (N-methyl/N-ethyl adjacent to an activating group) is 1. The molecule has 1 aromatic carbocycles. The highest BCUT2D eigenvalue weighted by molar-refractivity contribution is 5.47. The molecule has 0 fully saturated rings. The molecule has 1 aromatic rings. The number of hydrogen-bond donors (Lipinski definition) is 1. The van der Waals surface area contributed by atoms with Crippen LogP contribution < -0.4 is 4.74 Å². The summed E-state index contributed by atoms with van der Waals surface area (Å²) in [5, 5.41) is 20.1. The summed E-state index contributed by atoms with van der Waals surface area (Å²) in [5.41, 5.74) is -0.149. The largest absolute Gasteiger partial charge is 0.504 e. The number of rotatable bonds is 7. The van der Waals surface area contributed by atoms with Crippen LogP contribution in [-0.4, -0.2) is 46.6 Å². The Morgan fingerprint density at radius 1 is 1.37 bits per heavy atom. The van der Waals surface area contributed by atoms with Gasteiger partial charge in [0.1, 0.15) is 6.61 Å². The first kappa shape index (κ1) is 17.1. The van der Waals surface area contributed by atoms with Gasteiger partial charge in [-0.3, -0.25) is 10.1 Å². The lowest BCUT2D eigenvalue weighted by Gasteiger charge is -2.18. The van der Waals surface area contributed by atoms with Crippen LogP contribution in [0.15, 0.2) is 18.2 Å². The predicted octanol–water partition coefficient (Wildman–Crippen LogP) is 1.20. The van der Waals surface area contributed by atoms with E-state index in [-0.39, 0.29) is 22.7 Å². The molecule has 19 heavy (non-hydrogen) atoms. The maximum absolute atomic E-state index is 10.5. The number of benzene rings is 1. The molecule has 7 heteroatoms. The van der Waals surface area contributed by atoms with Crippen LogP contribution in [0.2, 0.25) is 0 Å². The first-order chi connectivity index (χ1) is 8.58. The minimum atomic E-state index is -0.556. The summed E-state index contributed by atoms with van der Waals surface area (Å²) in [5.74, 6) is 0.0662. The zero-order valence-corrected chi connectivity index (χ0v) is 11.1. The smallest absolute Gasteiger partial charge is 0.273 e. The van der Waals surface area contributed by atoms with Crippen molar-refractivity contribution in [3.63, 3.8) is 0 Å². The first-order valence-corrected chi connectivity index (χ1v) is 5.91. The molecule has 0 unspecified atom stereocenters. The number of nitro groups is 1. The van der Waals surface area contributed by atoms with Gasteiger partial charge in [0.25, 0.3) is 5.69 Å². The molecule has 0 saturated carbocycles. The van der Waals surface area contributed by atoms with Gasteiger partial charge >= 0.3 is 0 Å². The Bertz CT molecular complexity index is 407. The van der Waals surface area contributed by atoms with Gasteiger partial charge in [-0.25, -0.2) is 0 Å². The highest BCUT2D eigenvalue weighted by atomic mass is 16.6. The zero-order chi connectivity index (χ0) is 13.5. The average molecular weight is 272 g/mol. The molecule has 0 aliphatic carbocycles. The number of phenolic OH excluding ortho intramolecular Hbond substituents is 1. The van der Waals surface area contributed by atoms with Gasteiger partial charge in [-0.15, -0.1) is 0 Å². The monoisotopic (exact) mass is 272 g/mol. The fraction of sp³-hybridized carbons (Fsp3) is 0.500. The lowest BCUT2D eigenvalue weighted by atomic mass is 10.3. The first-order valence-electron chi connectivity index (χ1n) is 5.91. The maximum Gasteiger partial charge on any atom is 0.273 e. The van der Waals surface area contributed by atoms with Gasteiger partial charge in [0, 0.05) is 12.6 Å². The van der Waals surface area contributed by atoms with Gasteiger partial charge in [0.2, 0.25) is 0 Å². The van der Waals surface area contributed by atoms with Crippen LogP contribution in [0.1, 0.15) is 13.8 Å². The van der Waals surface area contributed by atoms with E-state index in [4.69, 9.17) is 4.74 Å². The summed E-state index contributed by atoms with van der Waals surface area (Å²) in [6, 6.07) is 3.81. The molecule has 0 atom stereocenters. The van der Waals surface area contributed by atoms with Crippen molar-refractivity contribution in [2.75, 3.05) is 26.2 Å². The van der Waals surface area contributed by atoms with Crippen molar-refractivity contribution in [3.05, 3.63) is 28.3 Å². The van der Waals surface area contributed by atoms with Crippen LogP contribution in [0.25, 0.3) is 0 Å². The molecule has 0 radical (unpaired) electrons. The second-order valence-corrected chi connectivity index (χ2v) is 3.78. The van der Waals surface area contributed by atoms with E-state index in [1.807, 2.05) is 0 Å². The van der Waals surface area contributed by atoms with Crippen molar-refractivity contribution in [2.24, 2.45) is 0 Å². The maximum atomic E-state index is 10.5. The van der Waals surface area contributed by atoms with Crippen LogP contribution in [-0.2, 0) is 0 Å². The summed E-state index contributed by atoms with van der Waals surface area (Å²) in [6.45, 7) is 7.19. The number of phenols is 1. The number of aromatic hydroxyl groups is 1. The van der Waals surface area contributed by atoms with E-state index in [1.165, 1.54) is 12.1 Å². The normalized spacial score (nSPS) is 10.1. The Morgan fingerprint density at radius 2 is 2.00 bits per heavy atom. The Morgan fingerprint density at radius 3 is 2.47 bits per heavy atom. The highest BCUT2D eigenvalue weighted by Crippen LogP contribution is 2.29. The van der Waals surface area contributed by atoms with Gasteiger partial charge < -0.3 is 20.2 Å². The molecular weight excluding hydrogens is 252 g/mol. The van der Waals surface area contributed by atoms with Crippen molar-refractivity contribution in [1.82, 2.24) is 4.90 Å². The molecule has 1 rings (SSSR count). The molecule has 7 nitrogen and oxygen atoms in total. The SMILES string of the molecule is CCN(CC)CCOc1ccc([N+](=O)[O-])cc1O.O. The Hall–Kier alpha value is -1.86. The van der Waals surface area contributed by atoms with E-state index in [0.717, 1.165) is 25.7 Å². The Balaban J connectivity index is 0.00000324. The average Bonchev–Trinajstić information content (AvgIpc) is 2.36.